The highest BCUT2D eigenvalue weighted by atomic mass is 16.2. The minimum Gasteiger partial charge on any atom is -0.345 e. The molecule has 1 amide bonds. The number of para-hydroxylation sites is 1. The quantitative estimate of drug-likeness (QED) is 0.305. The van der Waals surface area contributed by atoms with Gasteiger partial charge in [-0.15, -0.1) is 0 Å². The van der Waals surface area contributed by atoms with Crippen molar-refractivity contribution in [2.75, 3.05) is 0 Å². The molecular formula is C33H37N3O2. The number of piperidine rings is 1. The molecule has 1 aliphatic rings. The lowest BCUT2D eigenvalue weighted by atomic mass is 9.95. The van der Waals surface area contributed by atoms with Crippen LogP contribution in [0.3, 0.4) is 0 Å². The van der Waals surface area contributed by atoms with Crippen LogP contribution < -0.4 is 10.9 Å². The van der Waals surface area contributed by atoms with Gasteiger partial charge in [0.2, 0.25) is 0 Å². The lowest BCUT2D eigenvalue weighted by Gasteiger charge is -2.39. The summed E-state index contributed by atoms with van der Waals surface area (Å²) in [6, 6.07) is 27.9. The van der Waals surface area contributed by atoms with Gasteiger partial charge in [0, 0.05) is 35.1 Å². The van der Waals surface area contributed by atoms with E-state index in [0.29, 0.717) is 35.0 Å². The van der Waals surface area contributed by atoms with Crippen LogP contribution in [0.5, 0.6) is 0 Å². The minimum absolute atomic E-state index is 0.0919. The van der Waals surface area contributed by atoms with Gasteiger partial charge in [-0.3, -0.25) is 19.1 Å². The summed E-state index contributed by atoms with van der Waals surface area (Å²) in [6.07, 6.45) is 4.19. The third-order valence-corrected chi connectivity index (χ3v) is 8.05. The van der Waals surface area contributed by atoms with Gasteiger partial charge in [-0.05, 0) is 56.9 Å². The van der Waals surface area contributed by atoms with Crippen LogP contribution in [-0.4, -0.2) is 27.5 Å². The molecule has 0 spiro atoms. The van der Waals surface area contributed by atoms with E-state index in [4.69, 9.17) is 0 Å². The summed E-state index contributed by atoms with van der Waals surface area (Å²) in [5.41, 5.74) is 3.10. The van der Waals surface area contributed by atoms with Crippen LogP contribution in [0.2, 0.25) is 0 Å². The number of rotatable bonds is 7. The fourth-order valence-corrected chi connectivity index (χ4v) is 5.95. The Labute approximate surface area is 225 Å². The number of carbonyl (C=O) groups is 1. The lowest BCUT2D eigenvalue weighted by molar-refractivity contribution is 0.0883. The van der Waals surface area contributed by atoms with E-state index >= 15 is 0 Å². The predicted octanol–water partition coefficient (Wildman–Crippen LogP) is 6.63. The second-order valence-electron chi connectivity index (χ2n) is 10.5. The first-order chi connectivity index (χ1) is 18.5. The normalized spacial score (nSPS) is 18.8. The smallest absolute Gasteiger partial charge is 0.263 e. The van der Waals surface area contributed by atoms with Gasteiger partial charge in [-0.1, -0.05) is 80.1 Å². The van der Waals surface area contributed by atoms with Crippen LogP contribution in [-0.2, 0) is 6.54 Å². The average molecular weight is 508 g/mol. The summed E-state index contributed by atoms with van der Waals surface area (Å²) in [7, 11) is 0. The highest BCUT2D eigenvalue weighted by molar-refractivity contribution is 6.08. The summed E-state index contributed by atoms with van der Waals surface area (Å²) in [5, 5.41) is 4.58. The molecule has 2 unspecified atom stereocenters. The monoisotopic (exact) mass is 507 g/mol. The molecule has 2 heterocycles. The first kappa shape index (κ1) is 25.9. The number of likely N-dealkylation sites (tertiary alicyclic amines) is 1. The minimum atomic E-state index is -0.145. The summed E-state index contributed by atoms with van der Waals surface area (Å²) >= 11 is 0. The van der Waals surface area contributed by atoms with Crippen molar-refractivity contribution in [3.8, 4) is 5.69 Å². The second-order valence-corrected chi connectivity index (χ2v) is 10.5. The van der Waals surface area contributed by atoms with Gasteiger partial charge in [0.05, 0.1) is 17.3 Å². The number of aromatic nitrogens is 1. The van der Waals surface area contributed by atoms with E-state index in [1.54, 1.807) is 4.57 Å². The van der Waals surface area contributed by atoms with E-state index in [1.165, 1.54) is 6.42 Å². The lowest BCUT2D eigenvalue weighted by Crippen LogP contribution is -2.45. The Kier molecular flexibility index (Phi) is 7.75. The molecule has 196 valence electrons. The first-order valence-corrected chi connectivity index (χ1v) is 13.8. The molecule has 3 atom stereocenters. The third-order valence-electron chi connectivity index (χ3n) is 8.05. The highest BCUT2D eigenvalue weighted by Crippen LogP contribution is 2.30. The zero-order chi connectivity index (χ0) is 26.6. The van der Waals surface area contributed by atoms with Crippen molar-refractivity contribution in [2.24, 2.45) is 0 Å². The maximum absolute atomic E-state index is 14.3. The molecular weight excluding hydrogens is 470 g/mol. The van der Waals surface area contributed by atoms with Gasteiger partial charge in [0.25, 0.3) is 11.5 Å². The number of hydrogen-bond donors (Lipinski definition) is 1. The van der Waals surface area contributed by atoms with E-state index < -0.39 is 0 Å². The Morgan fingerprint density at radius 1 is 0.868 bits per heavy atom. The molecule has 1 saturated heterocycles. The van der Waals surface area contributed by atoms with Gasteiger partial charge in [-0.2, -0.15) is 0 Å². The Bertz CT molecular complexity index is 1450. The van der Waals surface area contributed by atoms with Crippen LogP contribution in [0.4, 0.5) is 0 Å². The number of hydrogen-bond acceptors (Lipinski definition) is 3. The summed E-state index contributed by atoms with van der Waals surface area (Å²) in [4.78, 5) is 30.8. The molecule has 5 heteroatoms. The summed E-state index contributed by atoms with van der Waals surface area (Å²) in [5.74, 6) is -0.145. The summed E-state index contributed by atoms with van der Waals surface area (Å²) < 4.78 is 1.77. The van der Waals surface area contributed by atoms with E-state index in [0.717, 1.165) is 36.2 Å². The topological polar surface area (TPSA) is 54.3 Å². The molecule has 1 aliphatic heterocycles. The second kappa shape index (κ2) is 11.4. The molecule has 1 N–H and O–H groups in total. The molecule has 0 saturated carbocycles. The molecule has 1 aromatic heterocycles. The Morgan fingerprint density at radius 3 is 2.08 bits per heavy atom. The number of pyridine rings is 1. The van der Waals surface area contributed by atoms with E-state index in [2.05, 4.69) is 43.1 Å². The molecule has 5 rings (SSSR count). The third kappa shape index (κ3) is 5.03. The van der Waals surface area contributed by atoms with E-state index in [1.807, 2.05) is 72.8 Å². The number of carbonyl (C=O) groups excluding carboxylic acids is 1. The Morgan fingerprint density at radius 2 is 1.45 bits per heavy atom. The molecule has 3 aromatic carbocycles. The van der Waals surface area contributed by atoms with Crippen molar-refractivity contribution < 1.29 is 4.79 Å². The number of amides is 1. The van der Waals surface area contributed by atoms with Crippen molar-refractivity contribution in [1.82, 2.24) is 14.8 Å². The average Bonchev–Trinajstić information content (AvgIpc) is 2.95. The van der Waals surface area contributed by atoms with Gasteiger partial charge < -0.3 is 5.32 Å². The maximum Gasteiger partial charge on any atom is 0.263 e. The van der Waals surface area contributed by atoms with Crippen molar-refractivity contribution in [1.29, 1.82) is 0 Å². The Hall–Kier alpha value is -3.70. The zero-order valence-corrected chi connectivity index (χ0v) is 22.6. The van der Waals surface area contributed by atoms with E-state index in [9.17, 15) is 9.59 Å². The van der Waals surface area contributed by atoms with Gasteiger partial charge in [-0.25, -0.2) is 0 Å². The van der Waals surface area contributed by atoms with Crippen molar-refractivity contribution in [2.45, 2.75) is 71.1 Å². The van der Waals surface area contributed by atoms with Crippen LogP contribution in [0, 0.1) is 0 Å². The molecule has 0 radical (unpaired) electrons. The molecule has 5 nitrogen and oxygen atoms in total. The number of nitrogens with one attached hydrogen (secondary N) is 1. The first-order valence-electron chi connectivity index (χ1n) is 13.8. The molecule has 0 bridgehead atoms. The fourth-order valence-electron chi connectivity index (χ4n) is 5.95. The fraction of sp³-hybridized carbons (Fsp3) is 0.333. The highest BCUT2D eigenvalue weighted by Gasteiger charge is 2.30. The number of benzene rings is 3. The summed E-state index contributed by atoms with van der Waals surface area (Å²) in [6.45, 7) is 7.12. The largest absolute Gasteiger partial charge is 0.345 e. The zero-order valence-electron chi connectivity index (χ0n) is 22.6. The SMILES string of the molecule is CC[C@H](NC(=O)c1c(CN2C(C)CCCC2C)n(-c2ccccc2)c(=O)c2ccccc12)c1ccccc1. The number of nitrogens with zero attached hydrogens (tertiary/aromatic N) is 2. The molecule has 1 fully saturated rings. The number of fused-ring (bicyclic) bond motifs is 1. The van der Waals surface area contributed by atoms with Crippen LogP contribution >= 0.6 is 0 Å². The maximum atomic E-state index is 14.3. The van der Waals surface area contributed by atoms with Crippen molar-refractivity contribution >= 4 is 16.7 Å². The van der Waals surface area contributed by atoms with Crippen molar-refractivity contribution in [3.05, 3.63) is 112 Å². The van der Waals surface area contributed by atoms with Gasteiger partial charge >= 0.3 is 0 Å². The predicted molar refractivity (Wildman–Crippen MR) is 155 cm³/mol. The molecule has 38 heavy (non-hydrogen) atoms. The van der Waals surface area contributed by atoms with Crippen molar-refractivity contribution in [3.63, 3.8) is 0 Å². The van der Waals surface area contributed by atoms with E-state index in [-0.39, 0.29) is 17.5 Å². The molecule has 4 aromatic rings. The van der Waals surface area contributed by atoms with Gasteiger partial charge in [0.15, 0.2) is 0 Å². The van der Waals surface area contributed by atoms with Crippen LogP contribution in [0.1, 0.15) is 74.1 Å². The van der Waals surface area contributed by atoms with Gasteiger partial charge in [0.1, 0.15) is 0 Å². The standard InChI is InChI=1S/C33H37N3O2/c1-4-29(25-16-7-5-8-17-25)34-32(37)31-27-20-11-12-21-28(27)33(38)36(26-18-9-6-10-19-26)30(31)22-35-23(2)14-13-15-24(35)3/h5-12,16-21,23-24,29H,4,13-15,22H2,1-3H3,(H,34,37)/t23?,24?,29-/m0/s1. The van der Waals surface area contributed by atoms with Crippen LogP contribution in [0.25, 0.3) is 16.5 Å². The Balaban J connectivity index is 1.73. The molecule has 0 aliphatic carbocycles. The van der Waals surface area contributed by atoms with Crippen LogP contribution in [0.15, 0.2) is 89.7 Å².